The maximum Gasteiger partial charge on any atom is 0.328 e. The molecule has 2 aliphatic rings. The Balaban J connectivity index is 0.000000293. The number of hydrogen-bond acceptors (Lipinski definition) is 5. The van der Waals surface area contributed by atoms with Gasteiger partial charge >= 0.3 is 11.9 Å². The van der Waals surface area contributed by atoms with Gasteiger partial charge in [0.05, 0.1) is 0 Å². The third-order valence-electron chi connectivity index (χ3n) is 5.28. The van der Waals surface area contributed by atoms with Crippen LogP contribution in [0.2, 0.25) is 0 Å². The molecule has 2 N–H and O–H groups in total. The van der Waals surface area contributed by atoms with Gasteiger partial charge in [0.25, 0.3) is 0 Å². The number of rotatable bonds is 3. The second-order valence-electron chi connectivity index (χ2n) is 7.46. The van der Waals surface area contributed by atoms with Crippen LogP contribution >= 0.6 is 27.7 Å². The first-order chi connectivity index (χ1) is 14.8. The molecule has 2 aromatic rings. The maximum atomic E-state index is 9.55. The SMILES string of the molecule is CN1CCN(C2Cc3ccccc3Sc3ccc(Br)cc32)CC1.O=C(O)/C=C\C(=O)O. The summed E-state index contributed by atoms with van der Waals surface area (Å²) in [6, 6.07) is 16.1. The van der Waals surface area contributed by atoms with E-state index in [1.54, 1.807) is 0 Å². The lowest BCUT2D eigenvalue weighted by Gasteiger charge is -2.38. The molecule has 164 valence electrons. The minimum absolute atomic E-state index is 0.479. The molecule has 6 nitrogen and oxygen atoms in total. The van der Waals surface area contributed by atoms with Gasteiger partial charge in [0.2, 0.25) is 0 Å². The van der Waals surface area contributed by atoms with Crippen molar-refractivity contribution >= 4 is 39.6 Å². The molecule has 2 heterocycles. The summed E-state index contributed by atoms with van der Waals surface area (Å²) in [5.74, 6) is -2.51. The fourth-order valence-electron chi connectivity index (χ4n) is 3.68. The largest absolute Gasteiger partial charge is 0.478 e. The van der Waals surface area contributed by atoms with Crippen LogP contribution in [0.15, 0.2) is 68.9 Å². The molecule has 0 aromatic heterocycles. The average molecular weight is 505 g/mol. The van der Waals surface area contributed by atoms with Crippen LogP contribution in [0.1, 0.15) is 17.2 Å². The van der Waals surface area contributed by atoms with Crippen molar-refractivity contribution in [2.45, 2.75) is 22.3 Å². The summed E-state index contributed by atoms with van der Waals surface area (Å²) < 4.78 is 1.18. The highest BCUT2D eigenvalue weighted by atomic mass is 79.9. The maximum absolute atomic E-state index is 9.55. The zero-order valence-corrected chi connectivity index (χ0v) is 19.6. The van der Waals surface area contributed by atoms with E-state index in [-0.39, 0.29) is 0 Å². The lowest BCUT2D eigenvalue weighted by atomic mass is 9.96. The highest BCUT2D eigenvalue weighted by molar-refractivity contribution is 9.10. The number of fused-ring (bicyclic) bond motifs is 2. The van der Waals surface area contributed by atoms with Gasteiger partial charge in [-0.15, -0.1) is 0 Å². The van der Waals surface area contributed by atoms with Gasteiger partial charge in [-0.1, -0.05) is 45.9 Å². The number of hydrogen-bond donors (Lipinski definition) is 2. The predicted molar refractivity (Wildman–Crippen MR) is 125 cm³/mol. The Morgan fingerprint density at radius 1 is 1.00 bits per heavy atom. The molecule has 8 heteroatoms. The van der Waals surface area contributed by atoms with Gasteiger partial charge in [-0.05, 0) is 48.9 Å². The van der Waals surface area contributed by atoms with Crippen molar-refractivity contribution in [2.75, 3.05) is 33.2 Å². The van der Waals surface area contributed by atoms with E-state index in [1.807, 2.05) is 11.8 Å². The van der Waals surface area contributed by atoms with Crippen molar-refractivity contribution < 1.29 is 19.8 Å². The third-order valence-corrected chi connectivity index (χ3v) is 6.99. The van der Waals surface area contributed by atoms with Crippen LogP contribution in [-0.4, -0.2) is 65.2 Å². The average Bonchev–Trinajstić information content (AvgIpc) is 2.90. The summed E-state index contributed by atoms with van der Waals surface area (Å²) in [4.78, 5) is 27.0. The Hall–Kier alpha value is -2.13. The van der Waals surface area contributed by atoms with Crippen LogP contribution in [0.5, 0.6) is 0 Å². The first-order valence-corrected chi connectivity index (χ1v) is 11.6. The molecule has 1 atom stereocenters. The highest BCUT2D eigenvalue weighted by Crippen LogP contribution is 2.43. The van der Waals surface area contributed by atoms with Gasteiger partial charge in [0, 0.05) is 58.6 Å². The molecular weight excluding hydrogens is 480 g/mol. The van der Waals surface area contributed by atoms with Crippen LogP contribution in [0.4, 0.5) is 0 Å². The van der Waals surface area contributed by atoms with Crippen LogP contribution in [0.25, 0.3) is 0 Å². The van der Waals surface area contributed by atoms with E-state index < -0.39 is 11.9 Å². The molecule has 0 radical (unpaired) electrons. The summed E-state index contributed by atoms with van der Waals surface area (Å²) >= 11 is 5.60. The summed E-state index contributed by atoms with van der Waals surface area (Å²) in [5.41, 5.74) is 2.96. The smallest absolute Gasteiger partial charge is 0.328 e. The number of aliphatic carboxylic acids is 2. The topological polar surface area (TPSA) is 81.1 Å². The number of nitrogens with zero attached hydrogens (tertiary/aromatic N) is 2. The molecule has 31 heavy (non-hydrogen) atoms. The molecule has 2 aromatic carbocycles. The molecule has 0 saturated carbocycles. The van der Waals surface area contributed by atoms with E-state index in [0.717, 1.165) is 32.6 Å². The summed E-state index contributed by atoms with van der Waals surface area (Å²) in [7, 11) is 2.22. The molecule has 1 saturated heterocycles. The van der Waals surface area contributed by atoms with Gasteiger partial charge in [0.15, 0.2) is 0 Å². The predicted octanol–water partition coefficient (Wildman–Crippen LogP) is 4.16. The van der Waals surface area contributed by atoms with Crippen LogP contribution in [0.3, 0.4) is 0 Å². The Morgan fingerprint density at radius 2 is 1.65 bits per heavy atom. The zero-order valence-electron chi connectivity index (χ0n) is 17.2. The molecule has 0 aliphatic carbocycles. The fourth-order valence-corrected chi connectivity index (χ4v) is 5.18. The number of halogens is 1. The van der Waals surface area contributed by atoms with Gasteiger partial charge in [-0.3, -0.25) is 4.90 Å². The Morgan fingerprint density at radius 3 is 2.29 bits per heavy atom. The lowest BCUT2D eigenvalue weighted by molar-refractivity contribution is -0.134. The van der Waals surface area contributed by atoms with E-state index >= 15 is 0 Å². The second-order valence-corrected chi connectivity index (χ2v) is 9.46. The van der Waals surface area contributed by atoms with Crippen LogP contribution < -0.4 is 0 Å². The number of carboxylic acids is 2. The van der Waals surface area contributed by atoms with Crippen molar-refractivity contribution in [1.82, 2.24) is 9.80 Å². The first kappa shape index (κ1) is 23.5. The van der Waals surface area contributed by atoms with E-state index in [4.69, 9.17) is 10.2 Å². The molecule has 0 amide bonds. The molecule has 0 spiro atoms. The monoisotopic (exact) mass is 504 g/mol. The molecule has 2 aliphatic heterocycles. The van der Waals surface area contributed by atoms with E-state index in [9.17, 15) is 9.59 Å². The number of likely N-dealkylation sites (N-methyl/N-ethyl adjacent to an activating group) is 1. The van der Waals surface area contributed by atoms with Crippen molar-refractivity contribution in [2.24, 2.45) is 0 Å². The number of benzene rings is 2. The third kappa shape index (κ3) is 6.67. The van der Waals surface area contributed by atoms with Crippen molar-refractivity contribution in [3.63, 3.8) is 0 Å². The van der Waals surface area contributed by atoms with Crippen molar-refractivity contribution in [1.29, 1.82) is 0 Å². The number of carboxylic acid groups (broad SMARTS) is 2. The Bertz CT molecular complexity index is 958. The molecule has 0 bridgehead atoms. The minimum Gasteiger partial charge on any atom is -0.478 e. The highest BCUT2D eigenvalue weighted by Gasteiger charge is 2.29. The van der Waals surface area contributed by atoms with E-state index in [2.05, 4.69) is 75.2 Å². The fraction of sp³-hybridized carbons (Fsp3) is 0.304. The van der Waals surface area contributed by atoms with Gasteiger partial charge in [-0.2, -0.15) is 0 Å². The Kier molecular flexibility index (Phi) is 8.31. The quantitative estimate of drug-likeness (QED) is 0.607. The molecular formula is C23H25BrN2O4S. The molecule has 1 unspecified atom stereocenters. The van der Waals surface area contributed by atoms with Gasteiger partial charge in [0.1, 0.15) is 0 Å². The van der Waals surface area contributed by atoms with E-state index in [0.29, 0.717) is 18.2 Å². The van der Waals surface area contributed by atoms with Crippen molar-refractivity contribution in [3.05, 3.63) is 70.2 Å². The van der Waals surface area contributed by atoms with Crippen molar-refractivity contribution in [3.8, 4) is 0 Å². The summed E-state index contributed by atoms with van der Waals surface area (Å²) in [6.45, 7) is 4.63. The van der Waals surface area contributed by atoms with Crippen LogP contribution in [0, 0.1) is 0 Å². The summed E-state index contributed by atoms with van der Waals surface area (Å²) in [5, 5.41) is 15.6. The number of carbonyl (C=O) groups is 2. The summed E-state index contributed by atoms with van der Waals surface area (Å²) in [6.07, 6.45) is 2.22. The molecule has 4 rings (SSSR count). The lowest BCUT2D eigenvalue weighted by Crippen LogP contribution is -2.46. The van der Waals surface area contributed by atoms with Gasteiger partial charge in [-0.25, -0.2) is 9.59 Å². The first-order valence-electron chi connectivity index (χ1n) is 9.95. The second kappa shape index (κ2) is 10.9. The zero-order chi connectivity index (χ0) is 22.4. The normalized spacial score (nSPS) is 19.0. The minimum atomic E-state index is -1.26. The van der Waals surface area contributed by atoms with E-state index in [1.165, 1.54) is 25.4 Å². The number of piperazine rings is 1. The van der Waals surface area contributed by atoms with Gasteiger partial charge < -0.3 is 15.1 Å². The Labute approximate surface area is 194 Å². The van der Waals surface area contributed by atoms with Crippen LogP contribution in [-0.2, 0) is 16.0 Å². The molecule has 1 fully saturated rings. The standard InChI is InChI=1S/C19H21BrN2S.C4H4O4/c1-21-8-10-22(11-9-21)17-12-14-4-2-3-5-18(14)23-19-7-6-15(20)13-16(17)19;5-3(6)1-2-4(7)8/h2-7,13,17H,8-12H2,1H3;1-2H,(H,5,6)(H,7,8)/b;2-1-.